The van der Waals surface area contributed by atoms with Gasteiger partial charge in [-0.2, -0.15) is 13.2 Å². The van der Waals surface area contributed by atoms with Gasteiger partial charge in [0.2, 0.25) is 0 Å². The van der Waals surface area contributed by atoms with Gasteiger partial charge in [-0.15, -0.1) is 0 Å². The Morgan fingerprint density at radius 2 is 2.05 bits per heavy atom. The molecule has 22 heavy (non-hydrogen) atoms. The molecule has 0 radical (unpaired) electrons. The van der Waals surface area contributed by atoms with Crippen molar-refractivity contribution in [3.05, 3.63) is 24.3 Å². The number of nitrogens with zero attached hydrogens (tertiary/aromatic N) is 3. The number of aromatic amines is 1. The molecule has 5 nitrogen and oxygen atoms in total. The van der Waals surface area contributed by atoms with Gasteiger partial charge >= 0.3 is 6.18 Å². The first kappa shape index (κ1) is 15.0. The number of carbonyl (C=O) groups is 1. The average Bonchev–Trinajstić information content (AvgIpc) is 2.94. The molecule has 2 aromatic rings. The summed E-state index contributed by atoms with van der Waals surface area (Å²) in [5.41, 5.74) is 0.938. The Bertz CT molecular complexity index is 674. The molecule has 1 saturated heterocycles. The number of ketones is 1. The number of Topliss-reactive ketones (excluding diaryl/α,β-unsaturated/α-hetero) is 1. The fraction of sp³-hybridized carbons (Fsp3) is 0.500. The highest BCUT2D eigenvalue weighted by Crippen LogP contribution is 2.26. The second-order valence-corrected chi connectivity index (χ2v) is 5.49. The lowest BCUT2D eigenvalue weighted by molar-refractivity contribution is -0.148. The summed E-state index contributed by atoms with van der Waals surface area (Å²) < 4.78 is 37.1. The zero-order valence-electron chi connectivity index (χ0n) is 11.7. The molecule has 118 valence electrons. The van der Waals surface area contributed by atoms with Crippen LogP contribution in [0.1, 0.15) is 23.3 Å². The van der Waals surface area contributed by atoms with Gasteiger partial charge < -0.3 is 4.98 Å². The Morgan fingerprint density at radius 3 is 2.73 bits per heavy atom. The molecule has 8 heteroatoms. The van der Waals surface area contributed by atoms with Crippen molar-refractivity contribution in [2.24, 2.45) is 5.92 Å². The Hall–Kier alpha value is -1.96. The maximum absolute atomic E-state index is 12.6. The molecule has 0 bridgehead atoms. The number of piperidine rings is 1. The fourth-order valence-electron chi connectivity index (χ4n) is 2.87. The topological polar surface area (TPSA) is 61.9 Å². The van der Waals surface area contributed by atoms with Crippen LogP contribution in [0.25, 0.3) is 11.0 Å². The lowest BCUT2D eigenvalue weighted by Gasteiger charge is -2.31. The van der Waals surface area contributed by atoms with Crippen LogP contribution in [-0.2, 0) is 0 Å². The summed E-state index contributed by atoms with van der Waals surface area (Å²) in [4.78, 5) is 24.9. The van der Waals surface area contributed by atoms with Gasteiger partial charge in [-0.25, -0.2) is 9.97 Å². The van der Waals surface area contributed by atoms with Crippen molar-refractivity contribution < 1.29 is 18.0 Å². The molecule has 0 unspecified atom stereocenters. The second kappa shape index (κ2) is 5.68. The SMILES string of the molecule is O=C(c1ncnc2[nH]ccc12)C1CCN(CC(F)(F)F)CC1. The molecule has 1 N–H and O–H groups in total. The highest BCUT2D eigenvalue weighted by atomic mass is 19.4. The summed E-state index contributed by atoms with van der Waals surface area (Å²) >= 11 is 0. The molecule has 1 aliphatic rings. The highest BCUT2D eigenvalue weighted by molar-refractivity contribution is 6.06. The third-order valence-corrected chi connectivity index (χ3v) is 3.95. The van der Waals surface area contributed by atoms with Crippen molar-refractivity contribution in [3.8, 4) is 0 Å². The Morgan fingerprint density at radius 1 is 1.32 bits per heavy atom. The summed E-state index contributed by atoms with van der Waals surface area (Å²) in [6.07, 6.45) is -0.344. The van der Waals surface area contributed by atoms with E-state index in [1.54, 1.807) is 12.3 Å². The van der Waals surface area contributed by atoms with Crippen molar-refractivity contribution in [2.45, 2.75) is 19.0 Å². The number of hydrogen-bond acceptors (Lipinski definition) is 4. The van der Waals surface area contributed by atoms with Crippen LogP contribution in [0, 0.1) is 5.92 Å². The van der Waals surface area contributed by atoms with Crippen LogP contribution in [0.5, 0.6) is 0 Å². The summed E-state index contributed by atoms with van der Waals surface area (Å²) in [6, 6.07) is 1.74. The molecule has 1 fully saturated rings. The van der Waals surface area contributed by atoms with Gasteiger partial charge in [0.1, 0.15) is 17.7 Å². The first-order valence-electron chi connectivity index (χ1n) is 7.05. The minimum Gasteiger partial charge on any atom is -0.346 e. The minimum atomic E-state index is -4.19. The molecule has 0 aromatic carbocycles. The number of carbonyl (C=O) groups excluding carboxylic acids is 1. The largest absolute Gasteiger partial charge is 0.401 e. The third kappa shape index (κ3) is 3.11. The van der Waals surface area contributed by atoms with Crippen molar-refractivity contribution in [3.63, 3.8) is 0 Å². The maximum atomic E-state index is 12.6. The molecule has 3 heterocycles. The number of fused-ring (bicyclic) bond motifs is 1. The van der Waals surface area contributed by atoms with Gasteiger partial charge in [0.25, 0.3) is 0 Å². The minimum absolute atomic E-state index is 0.112. The van der Waals surface area contributed by atoms with Crippen LogP contribution in [0.15, 0.2) is 18.6 Å². The molecular weight excluding hydrogens is 297 g/mol. The van der Waals surface area contributed by atoms with E-state index in [2.05, 4.69) is 15.0 Å². The zero-order valence-corrected chi connectivity index (χ0v) is 11.7. The maximum Gasteiger partial charge on any atom is 0.401 e. The average molecular weight is 312 g/mol. The van der Waals surface area contributed by atoms with Gasteiger partial charge in [0.05, 0.1) is 6.54 Å². The number of hydrogen-bond donors (Lipinski definition) is 1. The van der Waals surface area contributed by atoms with Gasteiger partial charge in [-0.1, -0.05) is 0 Å². The molecule has 1 aliphatic heterocycles. The van der Waals surface area contributed by atoms with Crippen molar-refractivity contribution in [1.29, 1.82) is 0 Å². The van der Waals surface area contributed by atoms with Gasteiger partial charge in [-0.05, 0) is 32.0 Å². The van der Waals surface area contributed by atoms with E-state index in [1.165, 1.54) is 11.2 Å². The Balaban J connectivity index is 1.69. The summed E-state index contributed by atoms with van der Waals surface area (Å²) in [5, 5.41) is 0.658. The van der Waals surface area contributed by atoms with E-state index in [9.17, 15) is 18.0 Å². The van der Waals surface area contributed by atoms with E-state index in [1.807, 2.05) is 0 Å². The predicted molar refractivity (Wildman–Crippen MR) is 73.4 cm³/mol. The molecule has 0 amide bonds. The highest BCUT2D eigenvalue weighted by Gasteiger charge is 2.34. The van der Waals surface area contributed by atoms with Crippen molar-refractivity contribution in [1.82, 2.24) is 19.9 Å². The number of nitrogens with one attached hydrogen (secondary N) is 1. The van der Waals surface area contributed by atoms with Gasteiger partial charge in [0, 0.05) is 17.5 Å². The number of aromatic nitrogens is 3. The van der Waals surface area contributed by atoms with Gasteiger partial charge in [0.15, 0.2) is 5.78 Å². The molecule has 2 aromatic heterocycles. The smallest absolute Gasteiger partial charge is 0.346 e. The van der Waals surface area contributed by atoms with E-state index < -0.39 is 12.7 Å². The lowest BCUT2D eigenvalue weighted by Crippen LogP contribution is -2.41. The Kier molecular flexibility index (Phi) is 3.86. The summed E-state index contributed by atoms with van der Waals surface area (Å²) in [6.45, 7) is -0.363. The van der Waals surface area contributed by atoms with Crippen LogP contribution in [-0.4, -0.2) is 51.4 Å². The standard InChI is InChI=1S/C14H15F3N4O/c15-14(16,17)7-21-5-2-9(3-6-21)12(22)11-10-1-4-18-13(10)20-8-19-11/h1,4,8-9H,2-3,5-7H2,(H,18,19,20). The number of H-pyrrole nitrogens is 1. The van der Waals surface area contributed by atoms with E-state index in [0.717, 1.165) is 0 Å². The van der Waals surface area contributed by atoms with Crippen molar-refractivity contribution in [2.75, 3.05) is 19.6 Å². The predicted octanol–water partition coefficient (Wildman–Crippen LogP) is 2.41. The first-order valence-corrected chi connectivity index (χ1v) is 7.05. The van der Waals surface area contributed by atoms with E-state index in [4.69, 9.17) is 0 Å². The molecule has 3 rings (SSSR count). The second-order valence-electron chi connectivity index (χ2n) is 5.49. The molecule has 0 aliphatic carbocycles. The summed E-state index contributed by atoms with van der Waals surface area (Å²) in [5.74, 6) is -0.392. The van der Waals surface area contributed by atoms with Crippen LogP contribution in [0.3, 0.4) is 0 Å². The van der Waals surface area contributed by atoms with Crippen LogP contribution in [0.4, 0.5) is 13.2 Å². The monoisotopic (exact) mass is 312 g/mol. The van der Waals surface area contributed by atoms with E-state index in [0.29, 0.717) is 29.6 Å². The van der Waals surface area contributed by atoms with E-state index in [-0.39, 0.29) is 24.8 Å². The molecular formula is C14H15F3N4O. The number of alkyl halides is 3. The first-order chi connectivity index (χ1) is 10.4. The third-order valence-electron chi connectivity index (χ3n) is 3.95. The number of halogens is 3. The quantitative estimate of drug-likeness (QED) is 0.884. The normalized spacial score (nSPS) is 18.0. The number of rotatable bonds is 3. The Labute approximate surface area is 124 Å². The van der Waals surface area contributed by atoms with Crippen LogP contribution < -0.4 is 0 Å². The number of likely N-dealkylation sites (tertiary alicyclic amines) is 1. The zero-order chi connectivity index (χ0) is 15.7. The van der Waals surface area contributed by atoms with Crippen LogP contribution >= 0.6 is 0 Å². The van der Waals surface area contributed by atoms with Crippen LogP contribution in [0.2, 0.25) is 0 Å². The molecule has 0 saturated carbocycles. The molecule has 0 spiro atoms. The lowest BCUT2D eigenvalue weighted by atomic mass is 9.90. The van der Waals surface area contributed by atoms with Crippen molar-refractivity contribution >= 4 is 16.8 Å². The van der Waals surface area contributed by atoms with E-state index >= 15 is 0 Å². The van der Waals surface area contributed by atoms with Gasteiger partial charge in [-0.3, -0.25) is 9.69 Å². The fourth-order valence-corrected chi connectivity index (χ4v) is 2.87. The molecule has 0 atom stereocenters. The summed E-state index contributed by atoms with van der Waals surface area (Å²) in [7, 11) is 0.